The predicted molar refractivity (Wildman–Crippen MR) is 74.9 cm³/mol. The lowest BCUT2D eigenvalue weighted by molar-refractivity contribution is -0.130. The second kappa shape index (κ2) is 6.70. The smallest absolute Gasteiger partial charge is 0.223 e. The van der Waals surface area contributed by atoms with E-state index in [1.165, 1.54) is 6.07 Å². The minimum Gasteiger partial charge on any atom is -0.508 e. The average molecular weight is 280 g/mol. The molecule has 110 valence electrons. The van der Waals surface area contributed by atoms with Crippen LogP contribution in [0.3, 0.4) is 0 Å². The molecule has 4 nitrogen and oxygen atoms in total. The largest absolute Gasteiger partial charge is 0.508 e. The van der Waals surface area contributed by atoms with Crippen molar-refractivity contribution in [2.45, 2.75) is 32.2 Å². The molecule has 5 heteroatoms. The average Bonchev–Trinajstić information content (AvgIpc) is 2.92. The Bertz CT molecular complexity index is 473. The Morgan fingerprint density at radius 2 is 2.15 bits per heavy atom. The first-order valence-corrected chi connectivity index (χ1v) is 7.07. The highest BCUT2D eigenvalue weighted by Gasteiger charge is 2.18. The molecule has 1 unspecified atom stereocenters. The molecular formula is C15H21FN2O2. The van der Waals surface area contributed by atoms with Crippen LogP contribution in [-0.4, -0.2) is 35.5 Å². The minimum atomic E-state index is -0.434. The molecule has 1 aromatic carbocycles. The number of carbonyl (C=O) groups excluding carboxylic acids is 1. The van der Waals surface area contributed by atoms with Crippen molar-refractivity contribution in [2.75, 3.05) is 19.6 Å². The lowest BCUT2D eigenvalue weighted by Crippen LogP contribution is -2.31. The van der Waals surface area contributed by atoms with E-state index < -0.39 is 5.82 Å². The molecule has 2 N–H and O–H groups in total. The first-order chi connectivity index (χ1) is 9.58. The maximum absolute atomic E-state index is 13.7. The number of phenolic OH excluding ortho intramolecular Hbond substituents is 1. The second-order valence-electron chi connectivity index (χ2n) is 5.22. The third-order valence-corrected chi connectivity index (χ3v) is 3.70. The Balaban J connectivity index is 1.79. The van der Waals surface area contributed by atoms with Crippen LogP contribution in [0.25, 0.3) is 0 Å². The van der Waals surface area contributed by atoms with Crippen molar-refractivity contribution in [2.24, 2.45) is 0 Å². The van der Waals surface area contributed by atoms with E-state index in [4.69, 9.17) is 0 Å². The zero-order chi connectivity index (χ0) is 14.5. The lowest BCUT2D eigenvalue weighted by Gasteiger charge is -2.18. The molecule has 0 spiro atoms. The number of nitrogens with one attached hydrogen (secondary N) is 1. The number of amides is 1. The van der Waals surface area contributed by atoms with Crippen LogP contribution in [0, 0.1) is 5.82 Å². The summed E-state index contributed by atoms with van der Waals surface area (Å²) in [6.45, 7) is 4.09. The summed E-state index contributed by atoms with van der Waals surface area (Å²) in [6.07, 6.45) is 2.62. The molecule has 2 rings (SSSR count). The Morgan fingerprint density at radius 1 is 1.45 bits per heavy atom. The summed E-state index contributed by atoms with van der Waals surface area (Å²) in [6, 6.07) is 3.93. The molecule has 1 heterocycles. The summed E-state index contributed by atoms with van der Waals surface area (Å²) in [5, 5.41) is 12.3. The maximum Gasteiger partial charge on any atom is 0.223 e. The van der Waals surface area contributed by atoms with Crippen molar-refractivity contribution in [3.8, 4) is 5.75 Å². The zero-order valence-electron chi connectivity index (χ0n) is 11.7. The molecule has 1 atom stereocenters. The van der Waals surface area contributed by atoms with E-state index >= 15 is 0 Å². The third-order valence-electron chi connectivity index (χ3n) is 3.70. The van der Waals surface area contributed by atoms with Gasteiger partial charge in [-0.25, -0.2) is 4.39 Å². The lowest BCUT2D eigenvalue weighted by atomic mass is 10.1. The number of halogens is 1. The molecule has 1 aliphatic rings. The SMILES string of the molecule is CC(NCCC(=O)N1CCCC1)c1ccc(O)cc1F. The van der Waals surface area contributed by atoms with Gasteiger partial charge in [0.1, 0.15) is 11.6 Å². The zero-order valence-corrected chi connectivity index (χ0v) is 11.7. The summed E-state index contributed by atoms with van der Waals surface area (Å²) in [4.78, 5) is 13.7. The van der Waals surface area contributed by atoms with Crippen LogP contribution in [0.1, 0.15) is 37.8 Å². The van der Waals surface area contributed by atoms with Gasteiger partial charge in [0.25, 0.3) is 0 Å². The van der Waals surface area contributed by atoms with Gasteiger partial charge in [-0.3, -0.25) is 4.79 Å². The number of phenols is 1. The number of hydrogen-bond donors (Lipinski definition) is 2. The first-order valence-electron chi connectivity index (χ1n) is 7.07. The summed E-state index contributed by atoms with van der Waals surface area (Å²) in [5.74, 6) is -0.355. The number of likely N-dealkylation sites (tertiary alicyclic amines) is 1. The van der Waals surface area contributed by atoms with Crippen LogP contribution >= 0.6 is 0 Å². The molecule has 1 aromatic rings. The molecule has 0 bridgehead atoms. The van der Waals surface area contributed by atoms with Gasteiger partial charge in [-0.05, 0) is 25.8 Å². The predicted octanol–water partition coefficient (Wildman–Crippen LogP) is 2.19. The highest BCUT2D eigenvalue weighted by atomic mass is 19.1. The summed E-state index contributed by atoms with van der Waals surface area (Å²) in [5.41, 5.74) is 0.497. The minimum absolute atomic E-state index is 0.0809. The van der Waals surface area contributed by atoms with Gasteiger partial charge < -0.3 is 15.3 Å². The molecule has 1 fully saturated rings. The van der Waals surface area contributed by atoms with Gasteiger partial charge in [-0.1, -0.05) is 6.07 Å². The quantitative estimate of drug-likeness (QED) is 0.869. The second-order valence-corrected chi connectivity index (χ2v) is 5.22. The molecule has 0 aliphatic carbocycles. The van der Waals surface area contributed by atoms with E-state index in [-0.39, 0.29) is 17.7 Å². The van der Waals surface area contributed by atoms with Gasteiger partial charge in [-0.15, -0.1) is 0 Å². The van der Waals surface area contributed by atoms with E-state index in [0.29, 0.717) is 18.5 Å². The molecule has 1 amide bonds. The molecule has 0 aromatic heterocycles. The Kier molecular flexibility index (Phi) is 4.95. The monoisotopic (exact) mass is 280 g/mol. The van der Waals surface area contributed by atoms with Gasteiger partial charge in [0.2, 0.25) is 5.91 Å². The molecule has 1 aliphatic heterocycles. The molecule has 1 saturated heterocycles. The van der Waals surface area contributed by atoms with Gasteiger partial charge in [0, 0.05) is 43.7 Å². The first kappa shape index (κ1) is 14.8. The fourth-order valence-electron chi connectivity index (χ4n) is 2.50. The van der Waals surface area contributed by atoms with Crippen molar-refractivity contribution in [1.82, 2.24) is 10.2 Å². The highest BCUT2D eigenvalue weighted by Crippen LogP contribution is 2.20. The molecule has 20 heavy (non-hydrogen) atoms. The van der Waals surface area contributed by atoms with Gasteiger partial charge in [0.15, 0.2) is 0 Å². The Labute approximate surface area is 118 Å². The van der Waals surface area contributed by atoms with Crippen molar-refractivity contribution < 1.29 is 14.3 Å². The number of benzene rings is 1. The van der Waals surface area contributed by atoms with Gasteiger partial charge >= 0.3 is 0 Å². The van der Waals surface area contributed by atoms with Crippen LogP contribution in [-0.2, 0) is 4.79 Å². The van der Waals surface area contributed by atoms with E-state index in [1.807, 2.05) is 11.8 Å². The van der Waals surface area contributed by atoms with Crippen LogP contribution in [0.2, 0.25) is 0 Å². The number of rotatable bonds is 5. The standard InChI is InChI=1S/C15H21FN2O2/c1-11(13-5-4-12(19)10-14(13)16)17-7-6-15(20)18-8-2-3-9-18/h4-5,10-11,17,19H,2-3,6-9H2,1H3. The van der Waals surface area contributed by atoms with Crippen LogP contribution in [0.15, 0.2) is 18.2 Å². The molecule has 0 saturated carbocycles. The highest BCUT2D eigenvalue weighted by molar-refractivity contribution is 5.76. The number of nitrogens with zero attached hydrogens (tertiary/aromatic N) is 1. The van der Waals surface area contributed by atoms with E-state index in [0.717, 1.165) is 32.0 Å². The van der Waals surface area contributed by atoms with Crippen molar-refractivity contribution in [1.29, 1.82) is 0 Å². The summed E-state index contributed by atoms with van der Waals surface area (Å²) in [7, 11) is 0. The van der Waals surface area contributed by atoms with Crippen LogP contribution in [0.4, 0.5) is 4.39 Å². The molecular weight excluding hydrogens is 259 g/mol. The summed E-state index contributed by atoms with van der Waals surface area (Å²) >= 11 is 0. The van der Waals surface area contributed by atoms with E-state index in [1.54, 1.807) is 6.07 Å². The van der Waals surface area contributed by atoms with Crippen molar-refractivity contribution in [3.05, 3.63) is 29.6 Å². The summed E-state index contributed by atoms with van der Waals surface area (Å²) < 4.78 is 13.7. The fraction of sp³-hybridized carbons (Fsp3) is 0.533. The Morgan fingerprint density at radius 3 is 2.80 bits per heavy atom. The maximum atomic E-state index is 13.7. The van der Waals surface area contributed by atoms with E-state index in [9.17, 15) is 14.3 Å². The van der Waals surface area contributed by atoms with Gasteiger partial charge in [0.05, 0.1) is 0 Å². The Hall–Kier alpha value is -1.62. The molecule has 0 radical (unpaired) electrons. The normalized spacial score (nSPS) is 16.4. The fourth-order valence-corrected chi connectivity index (χ4v) is 2.50. The third kappa shape index (κ3) is 3.70. The topological polar surface area (TPSA) is 52.6 Å². The number of hydrogen-bond acceptors (Lipinski definition) is 3. The van der Waals surface area contributed by atoms with Crippen LogP contribution < -0.4 is 5.32 Å². The number of carbonyl (C=O) groups is 1. The van der Waals surface area contributed by atoms with Crippen molar-refractivity contribution in [3.63, 3.8) is 0 Å². The van der Waals surface area contributed by atoms with Crippen LogP contribution in [0.5, 0.6) is 5.75 Å². The van der Waals surface area contributed by atoms with Crippen molar-refractivity contribution >= 4 is 5.91 Å². The number of aromatic hydroxyl groups is 1. The van der Waals surface area contributed by atoms with E-state index in [2.05, 4.69) is 5.32 Å². The van der Waals surface area contributed by atoms with Gasteiger partial charge in [-0.2, -0.15) is 0 Å².